The molecule has 3 aromatic rings. The van der Waals surface area contributed by atoms with Crippen LogP contribution in [0.1, 0.15) is 54.6 Å². The number of benzene rings is 1. The van der Waals surface area contributed by atoms with Crippen LogP contribution < -0.4 is 15.9 Å². The average Bonchev–Trinajstić information content (AvgIpc) is 3.16. The molecule has 2 heterocycles. The normalized spacial score (nSPS) is 19.7. The summed E-state index contributed by atoms with van der Waals surface area (Å²) in [5, 5.41) is 0.238. The second-order valence-electron chi connectivity index (χ2n) is 8.62. The van der Waals surface area contributed by atoms with Gasteiger partial charge in [0, 0.05) is 30.4 Å². The number of alkyl halides is 2. The number of hydrogen-bond donors (Lipinski definition) is 2. The van der Waals surface area contributed by atoms with Gasteiger partial charge in [-0.3, -0.25) is 14.6 Å². The van der Waals surface area contributed by atoms with E-state index in [4.69, 9.17) is 10.5 Å². The van der Waals surface area contributed by atoms with E-state index in [-0.39, 0.29) is 34.6 Å². The second kappa shape index (κ2) is 10.2. The number of halogens is 4. The number of aromatic nitrogens is 2. The van der Waals surface area contributed by atoms with Crippen molar-refractivity contribution in [1.82, 2.24) is 9.97 Å². The zero-order valence-electron chi connectivity index (χ0n) is 18.7. The highest BCUT2D eigenvalue weighted by Crippen LogP contribution is 2.51. The van der Waals surface area contributed by atoms with E-state index in [1.165, 1.54) is 31.6 Å². The number of pyridine rings is 2. The van der Waals surface area contributed by atoms with Crippen LogP contribution in [-0.2, 0) is 0 Å². The van der Waals surface area contributed by atoms with Crippen LogP contribution in [0.15, 0.2) is 41.5 Å². The molecule has 1 amide bonds. The SMILES string of the molecule is COc1c([C@@H]2CC[C@](C)(CC(F)F)C2)ccc(F)c1F.NC(=O)c1nccc2[nH]ccc(=O)c12. The van der Waals surface area contributed by atoms with Crippen molar-refractivity contribution in [1.29, 1.82) is 0 Å². The molecule has 1 aromatic carbocycles. The van der Waals surface area contributed by atoms with E-state index < -0.39 is 29.4 Å². The number of methoxy groups -OCH3 is 1. The molecule has 1 saturated carbocycles. The number of nitrogens with two attached hydrogens (primary N) is 1. The van der Waals surface area contributed by atoms with E-state index >= 15 is 0 Å². The third-order valence-electron chi connectivity index (χ3n) is 6.11. The van der Waals surface area contributed by atoms with Gasteiger partial charge in [-0.15, -0.1) is 0 Å². The number of nitrogens with one attached hydrogen (secondary N) is 1. The summed E-state index contributed by atoms with van der Waals surface area (Å²) in [5.41, 5.74) is 5.52. The number of rotatable bonds is 5. The van der Waals surface area contributed by atoms with E-state index in [1.807, 2.05) is 6.92 Å². The highest BCUT2D eigenvalue weighted by atomic mass is 19.3. The predicted molar refractivity (Wildman–Crippen MR) is 119 cm³/mol. The van der Waals surface area contributed by atoms with Gasteiger partial charge in [0.05, 0.1) is 18.0 Å². The van der Waals surface area contributed by atoms with Gasteiger partial charge in [0.15, 0.2) is 17.0 Å². The number of primary amides is 1. The number of H-pyrrole nitrogens is 1. The van der Waals surface area contributed by atoms with Crippen LogP contribution in [0.2, 0.25) is 0 Å². The first-order valence-corrected chi connectivity index (χ1v) is 10.6. The molecule has 34 heavy (non-hydrogen) atoms. The second-order valence-corrected chi connectivity index (χ2v) is 8.62. The van der Waals surface area contributed by atoms with Crippen LogP contribution in [0, 0.1) is 17.0 Å². The molecule has 1 aliphatic carbocycles. The topological polar surface area (TPSA) is 98.1 Å². The number of nitrogens with zero attached hydrogens (tertiary/aromatic N) is 1. The van der Waals surface area contributed by atoms with Gasteiger partial charge < -0.3 is 15.5 Å². The predicted octanol–water partition coefficient (Wildman–Crippen LogP) is 4.92. The smallest absolute Gasteiger partial charge is 0.268 e. The van der Waals surface area contributed by atoms with E-state index in [0.717, 1.165) is 6.07 Å². The molecule has 182 valence electrons. The number of amides is 1. The highest BCUT2D eigenvalue weighted by molar-refractivity contribution is 6.03. The first-order valence-electron chi connectivity index (χ1n) is 10.6. The largest absolute Gasteiger partial charge is 0.493 e. The zero-order chi connectivity index (χ0) is 25.0. The van der Waals surface area contributed by atoms with Crippen LogP contribution >= 0.6 is 0 Å². The molecule has 0 unspecified atom stereocenters. The van der Waals surface area contributed by atoms with Crippen molar-refractivity contribution in [2.75, 3.05) is 7.11 Å². The molecule has 0 saturated heterocycles. The Kier molecular flexibility index (Phi) is 7.58. The Hall–Kier alpha value is -3.43. The number of fused-ring (bicyclic) bond motifs is 1. The summed E-state index contributed by atoms with van der Waals surface area (Å²) >= 11 is 0. The van der Waals surface area contributed by atoms with Gasteiger partial charge in [-0.25, -0.2) is 13.2 Å². The van der Waals surface area contributed by atoms with E-state index in [9.17, 15) is 27.2 Å². The summed E-state index contributed by atoms with van der Waals surface area (Å²) in [4.78, 5) is 29.0. The maximum absolute atomic E-state index is 13.7. The lowest BCUT2D eigenvalue weighted by Crippen LogP contribution is -2.17. The molecule has 2 aromatic heterocycles. The lowest BCUT2D eigenvalue weighted by atomic mass is 9.83. The van der Waals surface area contributed by atoms with Gasteiger partial charge in [0.1, 0.15) is 5.69 Å². The Bertz CT molecular complexity index is 1240. The summed E-state index contributed by atoms with van der Waals surface area (Å²) in [5.74, 6) is -2.83. The number of hydrogen-bond acceptors (Lipinski definition) is 4. The minimum Gasteiger partial charge on any atom is -0.493 e. The summed E-state index contributed by atoms with van der Waals surface area (Å²) in [6.07, 6.45) is 2.32. The molecule has 1 aliphatic rings. The molecule has 0 spiro atoms. The molecular formula is C24H25F4N3O3. The number of carbonyl (C=O) groups is 1. The third-order valence-corrected chi connectivity index (χ3v) is 6.11. The van der Waals surface area contributed by atoms with Crippen LogP contribution in [0.5, 0.6) is 5.75 Å². The minimum atomic E-state index is -2.34. The van der Waals surface area contributed by atoms with Gasteiger partial charge in [0.25, 0.3) is 5.91 Å². The first-order chi connectivity index (χ1) is 16.1. The van der Waals surface area contributed by atoms with Crippen molar-refractivity contribution in [3.8, 4) is 5.75 Å². The Morgan fingerprint density at radius 3 is 2.68 bits per heavy atom. The molecule has 10 heteroatoms. The quantitative estimate of drug-likeness (QED) is 0.508. The van der Waals surface area contributed by atoms with Gasteiger partial charge in [-0.05, 0) is 42.7 Å². The van der Waals surface area contributed by atoms with E-state index in [2.05, 4.69) is 9.97 Å². The van der Waals surface area contributed by atoms with Crippen molar-refractivity contribution in [2.24, 2.45) is 11.1 Å². The molecular weight excluding hydrogens is 454 g/mol. The standard InChI is InChI=1S/C15H18F4O.C9H7N3O2/c1-15(8-12(17)18)6-5-9(7-15)10-3-4-11(16)13(19)14(10)20-2;10-9(14)8-7-5(1-3-12-8)11-4-2-6(7)13/h3-4,9,12H,5-8H2,1-2H3;1-4H,(H2,10,14)(H,11,13)/t9-,15+;/m1./s1. The van der Waals surface area contributed by atoms with Crippen LogP contribution in [0.4, 0.5) is 17.6 Å². The number of carbonyl (C=O) groups excluding carboxylic acids is 1. The minimum absolute atomic E-state index is 0.00403. The molecule has 4 rings (SSSR count). The van der Waals surface area contributed by atoms with Crippen molar-refractivity contribution >= 4 is 16.8 Å². The lowest BCUT2D eigenvalue weighted by Gasteiger charge is -2.24. The van der Waals surface area contributed by atoms with Crippen molar-refractivity contribution in [3.63, 3.8) is 0 Å². The Balaban J connectivity index is 0.000000202. The maximum Gasteiger partial charge on any atom is 0.268 e. The summed E-state index contributed by atoms with van der Waals surface area (Å²) < 4.78 is 57.0. The van der Waals surface area contributed by atoms with Crippen molar-refractivity contribution < 1.29 is 27.1 Å². The molecule has 0 aliphatic heterocycles. The fraction of sp³-hybridized carbons (Fsp3) is 0.375. The average molecular weight is 479 g/mol. The van der Waals surface area contributed by atoms with Crippen LogP contribution in [-0.4, -0.2) is 29.4 Å². The third kappa shape index (κ3) is 5.37. The summed E-state index contributed by atoms with van der Waals surface area (Å²) in [7, 11) is 1.29. The zero-order valence-corrected chi connectivity index (χ0v) is 18.7. The van der Waals surface area contributed by atoms with Crippen molar-refractivity contribution in [3.05, 3.63) is 69.8 Å². The fourth-order valence-electron chi connectivity index (χ4n) is 4.53. The maximum atomic E-state index is 13.7. The number of ether oxygens (including phenoxy) is 1. The van der Waals surface area contributed by atoms with E-state index in [1.54, 1.807) is 6.07 Å². The van der Waals surface area contributed by atoms with Gasteiger partial charge >= 0.3 is 0 Å². The van der Waals surface area contributed by atoms with Crippen LogP contribution in [0.25, 0.3) is 10.9 Å². The van der Waals surface area contributed by atoms with Gasteiger partial charge in [-0.1, -0.05) is 13.0 Å². The first kappa shape index (κ1) is 25.2. The lowest BCUT2D eigenvalue weighted by molar-refractivity contribution is 0.0816. The Morgan fingerprint density at radius 2 is 2.03 bits per heavy atom. The number of aromatic amines is 1. The van der Waals surface area contributed by atoms with E-state index in [0.29, 0.717) is 30.3 Å². The molecule has 6 nitrogen and oxygen atoms in total. The summed E-state index contributed by atoms with van der Waals surface area (Å²) in [6, 6.07) is 5.51. The van der Waals surface area contributed by atoms with Gasteiger partial charge in [-0.2, -0.15) is 4.39 Å². The Morgan fingerprint density at radius 1 is 1.29 bits per heavy atom. The van der Waals surface area contributed by atoms with Gasteiger partial charge in [0.2, 0.25) is 12.2 Å². The van der Waals surface area contributed by atoms with Crippen molar-refractivity contribution in [2.45, 2.75) is 45.0 Å². The molecule has 2 atom stereocenters. The molecule has 0 radical (unpaired) electrons. The highest BCUT2D eigenvalue weighted by Gasteiger charge is 2.39. The van der Waals surface area contributed by atoms with Crippen LogP contribution in [0.3, 0.4) is 0 Å². The summed E-state index contributed by atoms with van der Waals surface area (Å²) in [6.45, 7) is 1.82. The monoisotopic (exact) mass is 479 g/mol. The fourth-order valence-corrected chi connectivity index (χ4v) is 4.53. The Labute approximate surface area is 193 Å². The molecule has 1 fully saturated rings. The molecule has 0 bridgehead atoms. The molecule has 3 N–H and O–H groups in total.